The first kappa shape index (κ1) is 9.84. The van der Waals surface area contributed by atoms with E-state index in [0.717, 1.165) is 12.8 Å². The van der Waals surface area contributed by atoms with Crippen molar-refractivity contribution in [3.8, 4) is 0 Å². The highest BCUT2D eigenvalue weighted by Gasteiger charge is 2.39. The van der Waals surface area contributed by atoms with Gasteiger partial charge in [-0.25, -0.2) is 4.98 Å². The summed E-state index contributed by atoms with van der Waals surface area (Å²) in [6, 6.07) is 0.371. The van der Waals surface area contributed by atoms with Crippen LogP contribution in [0.4, 0.5) is 5.82 Å². The van der Waals surface area contributed by atoms with Crippen LogP contribution >= 0.6 is 0 Å². The summed E-state index contributed by atoms with van der Waals surface area (Å²) < 4.78 is 1.76. The molecule has 0 unspecified atom stereocenters. The molecule has 1 N–H and O–H groups in total. The lowest BCUT2D eigenvalue weighted by Crippen LogP contribution is -2.61. The maximum Gasteiger partial charge on any atom is 0.293 e. The van der Waals surface area contributed by atoms with E-state index in [2.05, 4.69) is 4.98 Å². The van der Waals surface area contributed by atoms with Crippen molar-refractivity contribution in [1.82, 2.24) is 9.55 Å². The van der Waals surface area contributed by atoms with Gasteiger partial charge in [0, 0.05) is 31.5 Å². The van der Waals surface area contributed by atoms with Crippen molar-refractivity contribution >= 4 is 5.82 Å². The Hall–Kier alpha value is -1.36. The van der Waals surface area contributed by atoms with Gasteiger partial charge >= 0.3 is 0 Å². The fourth-order valence-corrected chi connectivity index (χ4v) is 2.20. The molecule has 0 atom stereocenters. The number of hydrogen-bond acceptors (Lipinski definition) is 4. The lowest BCUT2D eigenvalue weighted by molar-refractivity contribution is 0.0303. The molecule has 1 aliphatic carbocycles. The molecule has 1 aliphatic heterocycles. The highest BCUT2D eigenvalue weighted by atomic mass is 16.3. The second-order valence-corrected chi connectivity index (χ2v) is 5.05. The Bertz CT molecular complexity index is 468. The van der Waals surface area contributed by atoms with E-state index in [1.165, 1.54) is 0 Å². The molecule has 0 radical (unpaired) electrons. The van der Waals surface area contributed by atoms with Crippen molar-refractivity contribution in [2.45, 2.75) is 31.4 Å². The minimum absolute atomic E-state index is 0.0273. The molecule has 2 fully saturated rings. The van der Waals surface area contributed by atoms with Gasteiger partial charge in [-0.05, 0) is 19.8 Å². The molecule has 1 aromatic rings. The average molecular weight is 221 g/mol. The standard InChI is InChI=1S/C11H15N3O2/c1-11(16)6-13(7-11)9-10(15)14(5-4-12-9)8-2-3-8/h4-5,8,16H,2-3,6-7H2,1H3. The van der Waals surface area contributed by atoms with Crippen LogP contribution in [0.1, 0.15) is 25.8 Å². The lowest BCUT2D eigenvalue weighted by atomic mass is 9.97. The maximum absolute atomic E-state index is 12.1. The predicted octanol–water partition coefficient (Wildman–Crippen LogP) is 0.149. The largest absolute Gasteiger partial charge is 0.386 e. The van der Waals surface area contributed by atoms with Crippen LogP contribution in [0.15, 0.2) is 17.2 Å². The first-order valence-electron chi connectivity index (χ1n) is 5.61. The number of anilines is 1. The normalized spacial score (nSPS) is 23.0. The Morgan fingerprint density at radius 1 is 1.50 bits per heavy atom. The fraction of sp³-hybridized carbons (Fsp3) is 0.636. The molecule has 0 aromatic carbocycles. The molecule has 86 valence electrons. The van der Waals surface area contributed by atoms with Gasteiger partial charge < -0.3 is 14.6 Å². The fourth-order valence-electron chi connectivity index (χ4n) is 2.20. The van der Waals surface area contributed by atoms with Crippen molar-refractivity contribution < 1.29 is 5.11 Å². The molecule has 1 saturated heterocycles. The first-order valence-corrected chi connectivity index (χ1v) is 5.61. The molecule has 5 nitrogen and oxygen atoms in total. The van der Waals surface area contributed by atoms with Crippen LogP contribution in [0.5, 0.6) is 0 Å². The van der Waals surface area contributed by atoms with Gasteiger partial charge in [-0.15, -0.1) is 0 Å². The predicted molar refractivity (Wildman–Crippen MR) is 59.6 cm³/mol. The third-order valence-corrected chi connectivity index (χ3v) is 3.15. The zero-order chi connectivity index (χ0) is 11.3. The number of β-amino-alcohol motifs (C(OH)–C–C–N with tert-alkyl or cyclic N) is 1. The minimum atomic E-state index is -0.672. The number of hydrogen-bond donors (Lipinski definition) is 1. The third kappa shape index (κ3) is 1.51. The second-order valence-electron chi connectivity index (χ2n) is 5.05. The Labute approximate surface area is 93.3 Å². The SMILES string of the molecule is CC1(O)CN(c2nccn(C3CC3)c2=O)C1. The first-order chi connectivity index (χ1) is 7.57. The number of rotatable bonds is 2. The van der Waals surface area contributed by atoms with Gasteiger partial charge in [0.05, 0.1) is 5.60 Å². The molecular weight excluding hydrogens is 206 g/mol. The number of aliphatic hydroxyl groups is 1. The Morgan fingerprint density at radius 2 is 2.19 bits per heavy atom. The average Bonchev–Trinajstić information content (AvgIpc) is 2.98. The van der Waals surface area contributed by atoms with E-state index in [4.69, 9.17) is 0 Å². The summed E-state index contributed by atoms with van der Waals surface area (Å²) in [7, 11) is 0. The molecule has 1 aromatic heterocycles. The smallest absolute Gasteiger partial charge is 0.293 e. The summed E-state index contributed by atoms with van der Waals surface area (Å²) in [5, 5.41) is 9.65. The maximum atomic E-state index is 12.1. The Balaban J connectivity index is 1.91. The summed E-state index contributed by atoms with van der Waals surface area (Å²) in [4.78, 5) is 18.0. The van der Waals surface area contributed by atoms with Crippen LogP contribution in [0, 0.1) is 0 Å². The van der Waals surface area contributed by atoms with Crippen molar-refractivity contribution in [3.05, 3.63) is 22.7 Å². The van der Waals surface area contributed by atoms with E-state index in [-0.39, 0.29) is 5.56 Å². The van der Waals surface area contributed by atoms with E-state index < -0.39 is 5.60 Å². The molecule has 0 amide bonds. The molecule has 2 aliphatic rings. The van der Waals surface area contributed by atoms with Crippen molar-refractivity contribution in [3.63, 3.8) is 0 Å². The summed E-state index contributed by atoms with van der Waals surface area (Å²) in [5.74, 6) is 0.473. The van der Waals surface area contributed by atoms with E-state index >= 15 is 0 Å². The third-order valence-electron chi connectivity index (χ3n) is 3.15. The van der Waals surface area contributed by atoms with Crippen LogP contribution in [0.3, 0.4) is 0 Å². The lowest BCUT2D eigenvalue weighted by Gasteiger charge is -2.44. The zero-order valence-corrected chi connectivity index (χ0v) is 9.26. The molecule has 0 bridgehead atoms. The van der Waals surface area contributed by atoms with Gasteiger partial charge in [0.1, 0.15) is 0 Å². The Morgan fingerprint density at radius 3 is 2.75 bits per heavy atom. The van der Waals surface area contributed by atoms with Crippen LogP contribution in [0.25, 0.3) is 0 Å². The topological polar surface area (TPSA) is 58.4 Å². The van der Waals surface area contributed by atoms with E-state index in [1.54, 1.807) is 23.9 Å². The second kappa shape index (κ2) is 3.07. The van der Waals surface area contributed by atoms with Gasteiger partial charge in [0.15, 0.2) is 5.82 Å². The molecule has 3 rings (SSSR count). The zero-order valence-electron chi connectivity index (χ0n) is 9.26. The highest BCUT2D eigenvalue weighted by Crippen LogP contribution is 2.33. The molecule has 5 heteroatoms. The number of nitrogens with zero attached hydrogens (tertiary/aromatic N) is 3. The monoisotopic (exact) mass is 221 g/mol. The van der Waals surface area contributed by atoms with Gasteiger partial charge in [-0.2, -0.15) is 0 Å². The molecule has 0 spiro atoms. The number of aromatic nitrogens is 2. The molecule has 2 heterocycles. The summed E-state index contributed by atoms with van der Waals surface area (Å²) in [6.45, 7) is 2.75. The van der Waals surface area contributed by atoms with Crippen molar-refractivity contribution in [1.29, 1.82) is 0 Å². The summed E-state index contributed by atoms with van der Waals surface area (Å²) in [6.07, 6.45) is 5.59. The van der Waals surface area contributed by atoms with E-state index in [0.29, 0.717) is 24.9 Å². The minimum Gasteiger partial charge on any atom is -0.386 e. The quantitative estimate of drug-likeness (QED) is 0.772. The van der Waals surface area contributed by atoms with Crippen LogP contribution in [-0.2, 0) is 0 Å². The van der Waals surface area contributed by atoms with Crippen LogP contribution < -0.4 is 10.5 Å². The van der Waals surface area contributed by atoms with Crippen molar-refractivity contribution in [2.24, 2.45) is 0 Å². The summed E-state index contributed by atoms with van der Waals surface area (Å²) in [5.41, 5.74) is -0.700. The van der Waals surface area contributed by atoms with Gasteiger partial charge in [0.25, 0.3) is 5.56 Å². The molecule has 1 saturated carbocycles. The van der Waals surface area contributed by atoms with Gasteiger partial charge in [-0.1, -0.05) is 0 Å². The van der Waals surface area contributed by atoms with Gasteiger partial charge in [0.2, 0.25) is 0 Å². The summed E-state index contributed by atoms with van der Waals surface area (Å²) >= 11 is 0. The van der Waals surface area contributed by atoms with Crippen LogP contribution in [0.2, 0.25) is 0 Å². The molecule has 16 heavy (non-hydrogen) atoms. The Kier molecular flexibility index (Phi) is 1.89. The van der Waals surface area contributed by atoms with Gasteiger partial charge in [-0.3, -0.25) is 4.79 Å². The highest BCUT2D eigenvalue weighted by molar-refractivity contribution is 5.41. The van der Waals surface area contributed by atoms with Crippen molar-refractivity contribution in [2.75, 3.05) is 18.0 Å². The van der Waals surface area contributed by atoms with E-state index in [9.17, 15) is 9.90 Å². The van der Waals surface area contributed by atoms with E-state index in [1.807, 2.05) is 4.90 Å². The van der Waals surface area contributed by atoms with Crippen LogP contribution in [-0.4, -0.2) is 33.3 Å². The molecular formula is C11H15N3O2.